The van der Waals surface area contributed by atoms with E-state index in [0.717, 1.165) is 35.9 Å². The lowest BCUT2D eigenvalue weighted by atomic mass is 10.1. The molecule has 164 valence electrons. The van der Waals surface area contributed by atoms with Gasteiger partial charge in [0.1, 0.15) is 7.02 Å². The lowest BCUT2D eigenvalue weighted by Gasteiger charge is -2.30. The molecule has 8 nitrogen and oxygen atoms in total. The summed E-state index contributed by atoms with van der Waals surface area (Å²) in [6.07, 6.45) is -5.23. The van der Waals surface area contributed by atoms with E-state index >= 15 is 0 Å². The zero-order valence-corrected chi connectivity index (χ0v) is 17.0. The fourth-order valence-electron chi connectivity index (χ4n) is 3.70. The molecular formula is C19H25F2N5O3S. The quantitative estimate of drug-likeness (QED) is 0.757. The van der Waals surface area contributed by atoms with Gasteiger partial charge in [-0.2, -0.15) is 4.98 Å². The molecule has 1 aliphatic heterocycles. The molecule has 2 aromatic rings. The van der Waals surface area contributed by atoms with Crippen molar-refractivity contribution in [2.45, 2.75) is 56.9 Å². The van der Waals surface area contributed by atoms with Crippen LogP contribution < -0.4 is 10.9 Å². The van der Waals surface area contributed by atoms with Crippen molar-refractivity contribution >= 4 is 27.0 Å². The highest BCUT2D eigenvalue weighted by Crippen LogP contribution is 2.32. The first-order chi connectivity index (χ1) is 16.4. The van der Waals surface area contributed by atoms with Gasteiger partial charge in [-0.05, 0) is 31.7 Å². The second-order valence-electron chi connectivity index (χ2n) is 7.29. The van der Waals surface area contributed by atoms with E-state index in [1.807, 2.05) is 0 Å². The van der Waals surface area contributed by atoms with Gasteiger partial charge < -0.3 is 5.32 Å². The van der Waals surface area contributed by atoms with Crippen LogP contribution in [-0.2, 0) is 10.0 Å². The standard InChI is InChI=1S/C19H25F2N5O3S/c1-30(28,29)25-8-6-13(7-9-25)23-19-22-11-12-10-15(16(20)21)18(27)26(17(12)24-19)14-4-2-3-5-14/h10-11,13-14,16H,2-9H2,1H3,(H,22,23,24)/i6D2,7D2,13D,16D. The first-order valence-electron chi connectivity index (χ1n) is 12.4. The number of piperidine rings is 1. The van der Waals surface area contributed by atoms with E-state index in [9.17, 15) is 22.0 Å². The van der Waals surface area contributed by atoms with Gasteiger partial charge in [0.25, 0.3) is 12.0 Å². The SMILES string of the molecule is [2H]C(F)(F)c1cc2cnc(NC3([2H])C([2H])([2H])CN(S(C)(=O)=O)CC3([2H])[2H])nc2n(C2CCCC2)c1=O. The Morgan fingerprint density at radius 1 is 1.33 bits per heavy atom. The first-order valence-corrected chi connectivity index (χ1v) is 11.3. The van der Waals surface area contributed by atoms with Crippen LogP contribution in [0, 0.1) is 0 Å². The molecule has 3 heterocycles. The largest absolute Gasteiger partial charge is 0.351 e. The van der Waals surface area contributed by atoms with Crippen molar-refractivity contribution in [2.75, 3.05) is 24.7 Å². The molecule has 0 spiro atoms. The average molecular weight is 448 g/mol. The van der Waals surface area contributed by atoms with Crippen LogP contribution in [0.4, 0.5) is 14.7 Å². The van der Waals surface area contributed by atoms with E-state index in [1.54, 1.807) is 0 Å². The number of hydrogen-bond acceptors (Lipinski definition) is 6. The zero-order valence-electron chi connectivity index (χ0n) is 22.2. The number of hydrogen-bond donors (Lipinski definition) is 1. The Bertz CT molecular complexity index is 1340. The van der Waals surface area contributed by atoms with Crippen molar-refractivity contribution in [3.05, 3.63) is 28.2 Å². The van der Waals surface area contributed by atoms with Crippen LogP contribution in [0.25, 0.3) is 11.0 Å². The minimum Gasteiger partial charge on any atom is -0.351 e. The highest BCUT2D eigenvalue weighted by atomic mass is 32.2. The number of rotatable bonds is 5. The summed E-state index contributed by atoms with van der Waals surface area (Å²) in [5.74, 6) is -0.436. The summed E-state index contributed by atoms with van der Waals surface area (Å²) in [5.41, 5.74) is -2.20. The fourth-order valence-corrected chi connectivity index (χ4v) is 4.30. The molecule has 1 N–H and O–H groups in total. The number of pyridine rings is 1. The van der Waals surface area contributed by atoms with Gasteiger partial charge in [0.15, 0.2) is 0 Å². The van der Waals surface area contributed by atoms with Gasteiger partial charge in [0.05, 0.1) is 13.2 Å². The van der Waals surface area contributed by atoms with E-state index < -0.39 is 71.4 Å². The molecule has 0 bridgehead atoms. The van der Waals surface area contributed by atoms with Crippen molar-refractivity contribution in [1.82, 2.24) is 18.8 Å². The van der Waals surface area contributed by atoms with E-state index in [2.05, 4.69) is 15.3 Å². The van der Waals surface area contributed by atoms with Crippen molar-refractivity contribution in [3.63, 3.8) is 0 Å². The van der Waals surface area contributed by atoms with Gasteiger partial charge in [-0.15, -0.1) is 0 Å². The van der Waals surface area contributed by atoms with Crippen LogP contribution in [0.15, 0.2) is 17.1 Å². The molecule has 2 aromatic heterocycles. The summed E-state index contributed by atoms with van der Waals surface area (Å²) >= 11 is 0. The topological polar surface area (TPSA) is 97.2 Å². The van der Waals surface area contributed by atoms with E-state index in [0.29, 0.717) is 17.1 Å². The maximum atomic E-state index is 13.9. The zero-order chi connectivity index (χ0) is 26.9. The van der Waals surface area contributed by atoms with Gasteiger partial charge in [-0.3, -0.25) is 9.36 Å². The van der Waals surface area contributed by atoms with Gasteiger partial charge in [0, 0.05) is 42.2 Å². The first kappa shape index (κ1) is 14.8. The summed E-state index contributed by atoms with van der Waals surface area (Å²) in [6, 6.07) is -2.40. The highest BCUT2D eigenvalue weighted by molar-refractivity contribution is 7.88. The molecule has 0 aromatic carbocycles. The van der Waals surface area contributed by atoms with Crippen molar-refractivity contribution < 1.29 is 25.4 Å². The number of alkyl halides is 2. The molecule has 2 aliphatic rings. The van der Waals surface area contributed by atoms with Gasteiger partial charge >= 0.3 is 0 Å². The van der Waals surface area contributed by atoms with Crippen molar-refractivity contribution in [3.8, 4) is 0 Å². The number of anilines is 1. The third-order valence-corrected chi connectivity index (χ3v) is 6.43. The Morgan fingerprint density at radius 3 is 2.60 bits per heavy atom. The molecule has 4 rings (SSSR count). The summed E-state index contributed by atoms with van der Waals surface area (Å²) in [6.45, 7) is -1.60. The lowest BCUT2D eigenvalue weighted by Crippen LogP contribution is -2.42. The van der Waals surface area contributed by atoms with E-state index in [-0.39, 0.29) is 11.0 Å². The molecule has 0 atom stereocenters. The molecule has 30 heavy (non-hydrogen) atoms. The molecule has 1 saturated heterocycles. The van der Waals surface area contributed by atoms with Crippen LogP contribution >= 0.6 is 0 Å². The van der Waals surface area contributed by atoms with Crippen molar-refractivity contribution in [1.29, 1.82) is 0 Å². The third-order valence-electron chi connectivity index (χ3n) is 5.24. The Labute approximate surface area is 181 Å². The van der Waals surface area contributed by atoms with Crippen LogP contribution in [0.1, 0.15) is 64.7 Å². The molecular weight excluding hydrogens is 416 g/mol. The second-order valence-corrected chi connectivity index (χ2v) is 9.27. The average Bonchev–Trinajstić information content (AvgIpc) is 3.24. The highest BCUT2D eigenvalue weighted by Gasteiger charge is 2.27. The van der Waals surface area contributed by atoms with Gasteiger partial charge in [-0.1, -0.05) is 12.8 Å². The smallest absolute Gasteiger partial charge is 0.269 e. The van der Waals surface area contributed by atoms with Crippen LogP contribution in [0.5, 0.6) is 0 Å². The molecule has 11 heteroatoms. The van der Waals surface area contributed by atoms with E-state index in [1.165, 1.54) is 0 Å². The fraction of sp³-hybridized carbons (Fsp3) is 0.632. The molecule has 0 unspecified atom stereocenters. The molecule has 1 saturated carbocycles. The van der Waals surface area contributed by atoms with Gasteiger partial charge in [-0.25, -0.2) is 26.5 Å². The minimum atomic E-state index is -4.16. The van der Waals surface area contributed by atoms with Crippen molar-refractivity contribution in [2.24, 2.45) is 0 Å². The molecule has 2 fully saturated rings. The number of aromatic nitrogens is 3. The number of nitrogens with one attached hydrogen (secondary N) is 1. The summed E-state index contributed by atoms with van der Waals surface area (Å²) in [7, 11) is -3.96. The Kier molecular flexibility index (Phi) is 4.03. The number of sulfonamides is 1. The predicted octanol–water partition coefficient (Wildman–Crippen LogP) is 2.68. The third kappa shape index (κ3) is 4.18. The number of fused-ring (bicyclic) bond motifs is 1. The molecule has 0 amide bonds. The second kappa shape index (κ2) is 8.18. The Balaban J connectivity index is 1.83. The lowest BCUT2D eigenvalue weighted by molar-refractivity contribution is 0.149. The van der Waals surface area contributed by atoms with Crippen LogP contribution in [0.2, 0.25) is 0 Å². The maximum absolute atomic E-state index is 13.9. The van der Waals surface area contributed by atoms with Crippen LogP contribution in [0.3, 0.4) is 0 Å². The normalized spacial score (nSPS) is 27.4. The minimum absolute atomic E-state index is 0.0194. The number of nitrogens with zero attached hydrogens (tertiary/aromatic N) is 4. The predicted molar refractivity (Wildman–Crippen MR) is 109 cm³/mol. The van der Waals surface area contributed by atoms with E-state index in [4.69, 9.17) is 8.22 Å². The molecule has 0 radical (unpaired) electrons. The maximum Gasteiger partial charge on any atom is 0.269 e. The summed E-state index contributed by atoms with van der Waals surface area (Å²) in [5, 5.41) is 2.38. The monoisotopic (exact) mass is 447 g/mol. The summed E-state index contributed by atoms with van der Waals surface area (Å²) < 4.78 is 102. The van der Waals surface area contributed by atoms with Crippen LogP contribution in [-0.4, -0.2) is 52.6 Å². The Hall–Kier alpha value is -2.14. The van der Waals surface area contributed by atoms with Gasteiger partial charge in [0.2, 0.25) is 16.0 Å². The summed E-state index contributed by atoms with van der Waals surface area (Å²) in [4.78, 5) is 21.1. The molecule has 1 aliphatic carbocycles. The number of halogens is 2. The Morgan fingerprint density at radius 2 is 2.00 bits per heavy atom.